The van der Waals surface area contributed by atoms with Crippen LogP contribution in [0.1, 0.15) is 36.8 Å². The van der Waals surface area contributed by atoms with E-state index in [0.29, 0.717) is 13.2 Å². The molecule has 0 aromatic carbocycles. The minimum atomic E-state index is -0.110. The van der Waals surface area contributed by atoms with E-state index in [1.54, 1.807) is 0 Å². The van der Waals surface area contributed by atoms with Gasteiger partial charge in [0.15, 0.2) is 0 Å². The second-order valence-electron chi connectivity index (χ2n) is 5.87. The number of anilines is 1. The Bertz CT molecular complexity index is 492. The highest BCUT2D eigenvalue weighted by Gasteiger charge is 2.30. The van der Waals surface area contributed by atoms with Crippen molar-refractivity contribution in [2.24, 2.45) is 0 Å². The van der Waals surface area contributed by atoms with Crippen LogP contribution in [0.25, 0.3) is 0 Å². The van der Waals surface area contributed by atoms with Crippen LogP contribution in [-0.4, -0.2) is 47.0 Å². The lowest BCUT2D eigenvalue weighted by Gasteiger charge is -2.39. The number of hydrogen-bond acceptors (Lipinski definition) is 5. The third-order valence-electron chi connectivity index (χ3n) is 4.25. The largest absolute Gasteiger partial charge is 0.394 e. The number of nitrogens with zero attached hydrogens (tertiary/aromatic N) is 3. The SMILES string of the molecule is Cc1nc2c(c(N3CC(CO)OCC3C)n1)CCCC2. The number of rotatable bonds is 2. The number of hydrogen-bond donors (Lipinski definition) is 1. The van der Waals surface area contributed by atoms with E-state index in [2.05, 4.69) is 16.8 Å². The summed E-state index contributed by atoms with van der Waals surface area (Å²) < 4.78 is 5.63. The molecule has 2 unspecified atom stereocenters. The van der Waals surface area contributed by atoms with Gasteiger partial charge in [-0.1, -0.05) is 0 Å². The third-order valence-corrected chi connectivity index (χ3v) is 4.25. The van der Waals surface area contributed by atoms with Gasteiger partial charge in [0, 0.05) is 17.8 Å². The molecule has 20 heavy (non-hydrogen) atoms. The van der Waals surface area contributed by atoms with Crippen LogP contribution in [0.15, 0.2) is 0 Å². The maximum absolute atomic E-state index is 9.35. The Morgan fingerprint density at radius 2 is 2.10 bits per heavy atom. The highest BCUT2D eigenvalue weighted by atomic mass is 16.5. The normalized spacial score (nSPS) is 26.4. The van der Waals surface area contributed by atoms with E-state index < -0.39 is 0 Å². The minimum Gasteiger partial charge on any atom is -0.394 e. The van der Waals surface area contributed by atoms with Crippen molar-refractivity contribution in [1.29, 1.82) is 0 Å². The van der Waals surface area contributed by atoms with Crippen LogP contribution in [-0.2, 0) is 17.6 Å². The van der Waals surface area contributed by atoms with Gasteiger partial charge in [0.2, 0.25) is 0 Å². The molecule has 5 nitrogen and oxygen atoms in total. The molecular formula is C15H23N3O2. The molecule has 0 spiro atoms. The quantitative estimate of drug-likeness (QED) is 0.881. The van der Waals surface area contributed by atoms with Gasteiger partial charge < -0.3 is 14.7 Å². The van der Waals surface area contributed by atoms with Crippen molar-refractivity contribution in [3.8, 4) is 0 Å². The van der Waals surface area contributed by atoms with E-state index in [-0.39, 0.29) is 18.8 Å². The third kappa shape index (κ3) is 2.52. The standard InChI is InChI=1S/C15H23N3O2/c1-10-9-20-12(8-19)7-18(10)15-13-5-3-4-6-14(13)16-11(2)17-15/h10,12,19H,3-9H2,1-2H3. The van der Waals surface area contributed by atoms with Crippen molar-refractivity contribution in [3.63, 3.8) is 0 Å². The monoisotopic (exact) mass is 277 g/mol. The predicted molar refractivity (Wildman–Crippen MR) is 77.0 cm³/mol. The van der Waals surface area contributed by atoms with E-state index in [1.165, 1.54) is 24.1 Å². The summed E-state index contributed by atoms with van der Waals surface area (Å²) >= 11 is 0. The Labute approximate surface area is 120 Å². The lowest BCUT2D eigenvalue weighted by molar-refractivity contribution is -0.0106. The summed E-state index contributed by atoms with van der Waals surface area (Å²) in [6.07, 6.45) is 4.46. The van der Waals surface area contributed by atoms with Crippen LogP contribution in [0.2, 0.25) is 0 Å². The smallest absolute Gasteiger partial charge is 0.136 e. The Kier molecular flexibility index (Phi) is 3.89. The van der Waals surface area contributed by atoms with Crippen LogP contribution in [0.4, 0.5) is 5.82 Å². The van der Waals surface area contributed by atoms with E-state index in [9.17, 15) is 5.11 Å². The molecule has 110 valence electrons. The molecule has 1 saturated heterocycles. The molecular weight excluding hydrogens is 254 g/mol. The molecule has 0 saturated carbocycles. The van der Waals surface area contributed by atoms with Crippen LogP contribution in [0.5, 0.6) is 0 Å². The molecule has 2 atom stereocenters. The molecule has 3 rings (SSSR count). The molecule has 1 aromatic heterocycles. The predicted octanol–water partition coefficient (Wildman–Crippen LogP) is 1.25. The van der Waals surface area contributed by atoms with E-state index >= 15 is 0 Å². The van der Waals surface area contributed by atoms with Crippen molar-refractivity contribution in [2.45, 2.75) is 51.7 Å². The minimum absolute atomic E-state index is 0.0650. The zero-order chi connectivity index (χ0) is 14.1. The average molecular weight is 277 g/mol. The number of morpholine rings is 1. The lowest BCUT2D eigenvalue weighted by Crippen LogP contribution is -2.50. The molecule has 0 radical (unpaired) electrons. The van der Waals surface area contributed by atoms with Crippen LogP contribution >= 0.6 is 0 Å². The average Bonchev–Trinajstić information content (AvgIpc) is 2.47. The maximum Gasteiger partial charge on any atom is 0.136 e. The molecule has 2 aliphatic rings. The van der Waals surface area contributed by atoms with Crippen molar-refractivity contribution in [2.75, 3.05) is 24.7 Å². The van der Waals surface area contributed by atoms with Gasteiger partial charge in [-0.2, -0.15) is 0 Å². The number of aromatic nitrogens is 2. The fourth-order valence-electron chi connectivity index (χ4n) is 3.16. The zero-order valence-electron chi connectivity index (χ0n) is 12.3. The Hall–Kier alpha value is -1.20. The first-order valence-electron chi connectivity index (χ1n) is 7.54. The highest BCUT2D eigenvalue weighted by molar-refractivity contribution is 5.51. The van der Waals surface area contributed by atoms with E-state index in [0.717, 1.165) is 24.5 Å². The van der Waals surface area contributed by atoms with Crippen LogP contribution < -0.4 is 4.90 Å². The molecule has 1 aromatic rings. The van der Waals surface area contributed by atoms with Crippen molar-refractivity contribution in [3.05, 3.63) is 17.1 Å². The summed E-state index contributed by atoms with van der Waals surface area (Å²) in [5, 5.41) is 9.35. The van der Waals surface area contributed by atoms with Crippen molar-refractivity contribution >= 4 is 5.82 Å². The first kappa shape index (κ1) is 13.8. The van der Waals surface area contributed by atoms with Gasteiger partial charge >= 0.3 is 0 Å². The van der Waals surface area contributed by atoms with Gasteiger partial charge in [-0.05, 0) is 39.5 Å². The molecule has 1 aliphatic carbocycles. The molecule has 0 amide bonds. The maximum atomic E-state index is 9.35. The molecule has 1 aliphatic heterocycles. The van der Waals surface area contributed by atoms with Crippen LogP contribution in [0.3, 0.4) is 0 Å². The molecule has 1 N–H and O–H groups in total. The summed E-state index contributed by atoms with van der Waals surface area (Å²) in [5.41, 5.74) is 2.53. The number of fused-ring (bicyclic) bond motifs is 1. The van der Waals surface area contributed by atoms with Gasteiger partial charge in [-0.25, -0.2) is 9.97 Å². The number of ether oxygens (including phenoxy) is 1. The fraction of sp³-hybridized carbons (Fsp3) is 0.733. The number of aliphatic hydroxyl groups excluding tert-OH is 1. The summed E-state index contributed by atoms with van der Waals surface area (Å²) in [6.45, 7) is 5.53. The van der Waals surface area contributed by atoms with Gasteiger partial charge in [0.05, 0.1) is 25.4 Å². The Morgan fingerprint density at radius 1 is 1.30 bits per heavy atom. The van der Waals surface area contributed by atoms with Crippen molar-refractivity contribution in [1.82, 2.24) is 9.97 Å². The number of aryl methyl sites for hydroxylation is 2. The summed E-state index contributed by atoms with van der Waals surface area (Å²) in [6, 6.07) is 0.290. The Balaban J connectivity index is 1.97. The second kappa shape index (κ2) is 5.66. The summed E-state index contributed by atoms with van der Waals surface area (Å²) in [7, 11) is 0. The van der Waals surface area contributed by atoms with Crippen LogP contribution in [0, 0.1) is 6.92 Å². The molecule has 5 heteroatoms. The van der Waals surface area contributed by atoms with E-state index in [4.69, 9.17) is 9.72 Å². The van der Waals surface area contributed by atoms with Crippen molar-refractivity contribution < 1.29 is 9.84 Å². The van der Waals surface area contributed by atoms with Gasteiger partial charge in [0.1, 0.15) is 11.6 Å². The first-order chi connectivity index (χ1) is 9.69. The highest BCUT2D eigenvalue weighted by Crippen LogP contribution is 2.30. The van der Waals surface area contributed by atoms with E-state index in [1.807, 2.05) is 6.92 Å². The molecule has 1 fully saturated rings. The fourth-order valence-corrected chi connectivity index (χ4v) is 3.16. The second-order valence-corrected chi connectivity index (χ2v) is 5.87. The number of aliphatic hydroxyl groups is 1. The summed E-state index contributed by atoms with van der Waals surface area (Å²) in [5.74, 6) is 1.92. The zero-order valence-corrected chi connectivity index (χ0v) is 12.3. The first-order valence-corrected chi connectivity index (χ1v) is 7.54. The molecule has 2 heterocycles. The lowest BCUT2D eigenvalue weighted by atomic mass is 9.95. The van der Waals surface area contributed by atoms with Gasteiger partial charge in [0.25, 0.3) is 0 Å². The van der Waals surface area contributed by atoms with Gasteiger partial charge in [-0.15, -0.1) is 0 Å². The topological polar surface area (TPSA) is 58.5 Å². The Morgan fingerprint density at radius 3 is 2.90 bits per heavy atom. The molecule has 0 bridgehead atoms. The summed E-state index contributed by atoms with van der Waals surface area (Å²) in [4.78, 5) is 11.6. The van der Waals surface area contributed by atoms with Gasteiger partial charge in [-0.3, -0.25) is 0 Å².